The Labute approximate surface area is 146 Å². The van der Waals surface area contributed by atoms with Gasteiger partial charge in [-0.15, -0.1) is 10.2 Å². The Morgan fingerprint density at radius 2 is 2.04 bits per heavy atom. The summed E-state index contributed by atoms with van der Waals surface area (Å²) in [5, 5.41) is 8.70. The zero-order chi connectivity index (χ0) is 16.9. The number of carbonyl (C=O) groups excluding carboxylic acids is 1. The van der Waals surface area contributed by atoms with Gasteiger partial charge in [0.1, 0.15) is 11.5 Å². The van der Waals surface area contributed by atoms with Crippen LogP contribution in [0.4, 0.5) is 0 Å². The lowest BCUT2D eigenvalue weighted by Gasteiger charge is -2.17. The van der Waals surface area contributed by atoms with Crippen LogP contribution in [0.1, 0.15) is 55.4 Å². The summed E-state index contributed by atoms with van der Waals surface area (Å²) in [7, 11) is 1.77. The molecule has 0 unspecified atom stereocenters. The fraction of sp³-hybridized carbons (Fsp3) is 0.588. The molecule has 0 N–H and O–H groups in total. The van der Waals surface area contributed by atoms with Gasteiger partial charge < -0.3 is 13.7 Å². The Morgan fingerprint density at radius 3 is 2.75 bits per heavy atom. The van der Waals surface area contributed by atoms with Crippen molar-refractivity contribution in [2.45, 2.75) is 56.7 Å². The fourth-order valence-corrected chi connectivity index (χ4v) is 3.63. The summed E-state index contributed by atoms with van der Waals surface area (Å²) in [6.45, 7) is 2.35. The highest BCUT2D eigenvalue weighted by atomic mass is 32.2. The predicted molar refractivity (Wildman–Crippen MR) is 90.8 cm³/mol. The summed E-state index contributed by atoms with van der Waals surface area (Å²) in [6.07, 6.45) is 5.99. The van der Waals surface area contributed by atoms with E-state index < -0.39 is 0 Å². The molecule has 2 aromatic rings. The van der Waals surface area contributed by atoms with Crippen molar-refractivity contribution in [3.63, 3.8) is 0 Å². The summed E-state index contributed by atoms with van der Waals surface area (Å²) < 4.78 is 11.2. The summed E-state index contributed by atoms with van der Waals surface area (Å²) in [6, 6.07) is 3.79. The minimum Gasteiger partial charge on any atom is -0.464 e. The summed E-state index contributed by atoms with van der Waals surface area (Å²) in [5.74, 6) is 3.03. The summed E-state index contributed by atoms with van der Waals surface area (Å²) >= 11 is 1.30. The average Bonchev–Trinajstić information content (AvgIpc) is 3.22. The molecule has 6 nitrogen and oxygen atoms in total. The molecule has 0 aliphatic heterocycles. The maximum absolute atomic E-state index is 12.2. The molecule has 2 aromatic heterocycles. The van der Waals surface area contributed by atoms with Gasteiger partial charge in [0, 0.05) is 13.0 Å². The molecule has 0 aromatic carbocycles. The highest BCUT2D eigenvalue weighted by Crippen LogP contribution is 2.32. The van der Waals surface area contributed by atoms with Gasteiger partial charge in [0.05, 0.1) is 12.3 Å². The van der Waals surface area contributed by atoms with E-state index >= 15 is 0 Å². The molecule has 2 heterocycles. The Morgan fingerprint density at radius 1 is 1.25 bits per heavy atom. The maximum Gasteiger partial charge on any atom is 0.277 e. The zero-order valence-corrected chi connectivity index (χ0v) is 15.0. The van der Waals surface area contributed by atoms with Gasteiger partial charge in [-0.3, -0.25) is 4.79 Å². The second-order valence-corrected chi connectivity index (χ2v) is 7.22. The van der Waals surface area contributed by atoms with E-state index in [4.69, 9.17) is 8.83 Å². The summed E-state index contributed by atoms with van der Waals surface area (Å²) in [4.78, 5) is 13.9. The van der Waals surface area contributed by atoms with Gasteiger partial charge >= 0.3 is 0 Å². The number of hydrogen-bond acceptors (Lipinski definition) is 6. The number of carbonyl (C=O) groups is 1. The number of furan rings is 1. The van der Waals surface area contributed by atoms with Crippen LogP contribution in [-0.2, 0) is 11.3 Å². The third-order valence-electron chi connectivity index (χ3n) is 4.31. The Balaban J connectivity index is 1.48. The highest BCUT2D eigenvalue weighted by molar-refractivity contribution is 7.99. The van der Waals surface area contributed by atoms with Crippen LogP contribution in [0.15, 0.2) is 26.2 Å². The van der Waals surface area contributed by atoms with E-state index in [0.717, 1.165) is 30.3 Å². The first kappa shape index (κ1) is 17.1. The Hall–Kier alpha value is -1.76. The van der Waals surface area contributed by atoms with Gasteiger partial charge in [-0.25, -0.2) is 0 Å². The number of aromatic nitrogens is 2. The smallest absolute Gasteiger partial charge is 0.277 e. The van der Waals surface area contributed by atoms with Crippen molar-refractivity contribution < 1.29 is 13.6 Å². The van der Waals surface area contributed by atoms with Crippen molar-refractivity contribution in [2.24, 2.45) is 0 Å². The lowest BCUT2D eigenvalue weighted by Crippen LogP contribution is -2.27. The fourth-order valence-electron chi connectivity index (χ4n) is 2.92. The molecule has 1 aliphatic rings. The second-order valence-electron chi connectivity index (χ2n) is 6.29. The predicted octanol–water partition coefficient (Wildman–Crippen LogP) is 3.77. The number of aryl methyl sites for hydroxylation is 1. The normalized spacial score (nSPS) is 15.6. The molecule has 1 fully saturated rings. The van der Waals surface area contributed by atoms with Crippen LogP contribution in [-0.4, -0.2) is 33.8 Å². The minimum absolute atomic E-state index is 0.00599. The van der Waals surface area contributed by atoms with Crippen LogP contribution in [0.3, 0.4) is 0 Å². The molecule has 1 saturated carbocycles. The zero-order valence-electron chi connectivity index (χ0n) is 14.2. The summed E-state index contributed by atoms with van der Waals surface area (Å²) in [5.41, 5.74) is 0. The van der Waals surface area contributed by atoms with E-state index in [1.54, 1.807) is 11.9 Å². The number of nitrogens with zero attached hydrogens (tertiary/aromatic N) is 3. The Bertz CT molecular complexity index is 676. The van der Waals surface area contributed by atoms with Gasteiger partial charge in [-0.05, 0) is 31.9 Å². The molecule has 0 spiro atoms. The number of thioether (sulfide) groups is 1. The first-order valence-electron chi connectivity index (χ1n) is 8.37. The lowest BCUT2D eigenvalue weighted by molar-refractivity contribution is -0.127. The number of hydrogen-bond donors (Lipinski definition) is 0. The molecule has 3 rings (SSSR count). The van der Waals surface area contributed by atoms with Crippen LogP contribution >= 0.6 is 11.8 Å². The van der Waals surface area contributed by atoms with Crippen molar-refractivity contribution in [1.82, 2.24) is 15.1 Å². The van der Waals surface area contributed by atoms with Gasteiger partial charge in [0.2, 0.25) is 11.8 Å². The van der Waals surface area contributed by atoms with E-state index in [1.165, 1.54) is 31.0 Å². The molecular weight excluding hydrogens is 326 g/mol. The Kier molecular flexibility index (Phi) is 5.60. The monoisotopic (exact) mass is 349 g/mol. The molecular formula is C17H23N3O3S. The van der Waals surface area contributed by atoms with E-state index in [-0.39, 0.29) is 11.7 Å². The minimum atomic E-state index is 0.00599. The van der Waals surface area contributed by atoms with Gasteiger partial charge in [-0.1, -0.05) is 31.0 Å². The van der Waals surface area contributed by atoms with Crippen LogP contribution in [0.5, 0.6) is 0 Å². The standard InChI is InChI=1S/C17H23N3O3S/c1-12-8-9-14(22-12)10-20(2)15(21)11-24-17-19-18-16(23-17)13-6-4-3-5-7-13/h8-9,13H,3-7,10-11H2,1-2H3. The van der Waals surface area contributed by atoms with E-state index in [2.05, 4.69) is 10.2 Å². The van der Waals surface area contributed by atoms with Gasteiger partial charge in [0.15, 0.2) is 0 Å². The van der Waals surface area contributed by atoms with Crippen molar-refractivity contribution >= 4 is 17.7 Å². The third-order valence-corrected chi connectivity index (χ3v) is 5.11. The molecule has 1 aliphatic carbocycles. The van der Waals surface area contributed by atoms with Gasteiger partial charge in [0.25, 0.3) is 5.22 Å². The molecule has 7 heteroatoms. The van der Waals surface area contributed by atoms with Crippen LogP contribution < -0.4 is 0 Å². The first-order chi connectivity index (χ1) is 11.6. The van der Waals surface area contributed by atoms with Crippen molar-refractivity contribution in [2.75, 3.05) is 12.8 Å². The third kappa shape index (κ3) is 4.41. The van der Waals surface area contributed by atoms with Crippen LogP contribution in [0.2, 0.25) is 0 Å². The van der Waals surface area contributed by atoms with Gasteiger partial charge in [-0.2, -0.15) is 0 Å². The lowest BCUT2D eigenvalue weighted by atomic mass is 9.89. The van der Waals surface area contributed by atoms with Crippen molar-refractivity contribution in [3.8, 4) is 0 Å². The molecule has 0 bridgehead atoms. The second kappa shape index (κ2) is 7.88. The molecule has 0 radical (unpaired) electrons. The topological polar surface area (TPSA) is 72.4 Å². The molecule has 130 valence electrons. The molecule has 1 amide bonds. The number of amides is 1. The average molecular weight is 349 g/mol. The highest BCUT2D eigenvalue weighted by Gasteiger charge is 2.22. The number of rotatable bonds is 6. The van der Waals surface area contributed by atoms with Crippen LogP contribution in [0.25, 0.3) is 0 Å². The molecule has 0 atom stereocenters. The van der Waals surface area contributed by atoms with Crippen LogP contribution in [0, 0.1) is 6.92 Å². The van der Waals surface area contributed by atoms with Crippen molar-refractivity contribution in [1.29, 1.82) is 0 Å². The van der Waals surface area contributed by atoms with E-state index in [0.29, 0.717) is 17.7 Å². The SMILES string of the molecule is Cc1ccc(CN(C)C(=O)CSc2nnc(C3CCCCC3)o2)o1. The molecule has 0 saturated heterocycles. The molecule has 24 heavy (non-hydrogen) atoms. The van der Waals surface area contributed by atoms with Crippen molar-refractivity contribution in [3.05, 3.63) is 29.5 Å². The quantitative estimate of drug-likeness (QED) is 0.739. The van der Waals surface area contributed by atoms with E-state index in [1.807, 2.05) is 19.1 Å². The maximum atomic E-state index is 12.2. The van der Waals surface area contributed by atoms with E-state index in [9.17, 15) is 4.79 Å². The largest absolute Gasteiger partial charge is 0.464 e. The first-order valence-corrected chi connectivity index (χ1v) is 9.36.